The van der Waals surface area contributed by atoms with Crippen LogP contribution in [-0.4, -0.2) is 29.7 Å². The molecule has 3 nitrogen and oxygen atoms in total. The minimum atomic E-state index is -0.415. The number of nitrogens with zero attached hydrogens (tertiary/aromatic N) is 1. The third-order valence-electron chi connectivity index (χ3n) is 3.89. The van der Waals surface area contributed by atoms with Gasteiger partial charge in [-0.2, -0.15) is 0 Å². The molecule has 0 aliphatic carbocycles. The van der Waals surface area contributed by atoms with E-state index in [1.54, 1.807) is 18.9 Å². The Bertz CT molecular complexity index is 494. The molecule has 0 fully saturated rings. The van der Waals surface area contributed by atoms with Gasteiger partial charge in [-0.05, 0) is 44.4 Å². The third kappa shape index (κ3) is 3.92. The minimum Gasteiger partial charge on any atom is -0.336 e. The van der Waals surface area contributed by atoms with Crippen LogP contribution in [0.2, 0.25) is 0 Å². The van der Waals surface area contributed by atoms with Gasteiger partial charge in [0.05, 0.1) is 6.04 Å². The van der Waals surface area contributed by atoms with Crippen LogP contribution in [-0.2, 0) is 4.79 Å². The van der Waals surface area contributed by atoms with E-state index in [0.717, 1.165) is 18.4 Å². The number of likely N-dealkylation sites (N-methyl/N-ethyl adjacent to an activating group) is 1. The topological polar surface area (TPSA) is 37.4 Å². The van der Waals surface area contributed by atoms with Crippen molar-refractivity contribution >= 4 is 11.7 Å². The number of aryl methyl sites for hydroxylation is 2. The molecule has 0 aliphatic rings. The van der Waals surface area contributed by atoms with E-state index in [2.05, 4.69) is 6.92 Å². The third-order valence-corrected chi connectivity index (χ3v) is 3.89. The molecule has 1 atom stereocenters. The maximum Gasteiger partial charge on any atom is 0.222 e. The number of hydrogen-bond donors (Lipinski definition) is 0. The summed E-state index contributed by atoms with van der Waals surface area (Å²) in [4.78, 5) is 26.0. The van der Waals surface area contributed by atoms with Crippen molar-refractivity contribution in [2.45, 2.75) is 53.0 Å². The highest BCUT2D eigenvalue weighted by atomic mass is 16.2. The van der Waals surface area contributed by atoms with Crippen LogP contribution in [0.3, 0.4) is 0 Å². The Labute approximate surface area is 122 Å². The molecule has 20 heavy (non-hydrogen) atoms. The van der Waals surface area contributed by atoms with Crippen LogP contribution in [0.15, 0.2) is 18.2 Å². The van der Waals surface area contributed by atoms with E-state index in [9.17, 15) is 9.59 Å². The summed E-state index contributed by atoms with van der Waals surface area (Å²) in [6.45, 7) is 7.86. The number of unbranched alkanes of at least 4 members (excludes halogenated alkanes) is 1. The summed E-state index contributed by atoms with van der Waals surface area (Å²) >= 11 is 0. The van der Waals surface area contributed by atoms with E-state index in [4.69, 9.17) is 0 Å². The molecule has 0 spiro atoms. The smallest absolute Gasteiger partial charge is 0.222 e. The molecular weight excluding hydrogens is 250 g/mol. The number of Topliss-reactive ketones (excluding diaryl/α,β-unsaturated/α-hetero) is 1. The summed E-state index contributed by atoms with van der Waals surface area (Å²) in [5, 5.41) is 0. The number of carbonyl (C=O) groups is 2. The van der Waals surface area contributed by atoms with Gasteiger partial charge < -0.3 is 4.90 Å². The van der Waals surface area contributed by atoms with Crippen molar-refractivity contribution in [2.75, 3.05) is 7.05 Å². The average Bonchev–Trinajstić information content (AvgIpc) is 2.45. The van der Waals surface area contributed by atoms with Gasteiger partial charge in [0, 0.05) is 19.0 Å². The molecule has 0 aromatic heterocycles. The first kappa shape index (κ1) is 16.4. The number of carbonyl (C=O) groups excluding carboxylic acids is 2. The van der Waals surface area contributed by atoms with Crippen LogP contribution in [0.25, 0.3) is 0 Å². The van der Waals surface area contributed by atoms with E-state index < -0.39 is 6.04 Å². The zero-order valence-electron chi connectivity index (χ0n) is 13.2. The first-order valence-electron chi connectivity index (χ1n) is 7.25. The molecule has 1 aromatic carbocycles. The molecule has 0 radical (unpaired) electrons. The Morgan fingerprint density at radius 1 is 1.20 bits per heavy atom. The minimum absolute atomic E-state index is 0.000415. The molecule has 0 saturated carbocycles. The quantitative estimate of drug-likeness (QED) is 0.745. The molecule has 1 unspecified atom stereocenters. The summed E-state index contributed by atoms with van der Waals surface area (Å²) in [5.41, 5.74) is 2.94. The second kappa shape index (κ2) is 7.22. The van der Waals surface area contributed by atoms with Crippen LogP contribution in [0.1, 0.15) is 54.6 Å². The van der Waals surface area contributed by atoms with E-state index in [-0.39, 0.29) is 11.7 Å². The van der Waals surface area contributed by atoms with E-state index in [0.29, 0.717) is 12.0 Å². The summed E-state index contributed by atoms with van der Waals surface area (Å²) in [5.74, 6) is 0.0389. The fourth-order valence-corrected chi connectivity index (χ4v) is 2.03. The van der Waals surface area contributed by atoms with E-state index in [1.807, 2.05) is 32.0 Å². The van der Waals surface area contributed by atoms with Gasteiger partial charge >= 0.3 is 0 Å². The second-order valence-corrected chi connectivity index (χ2v) is 5.45. The molecule has 0 heterocycles. The summed E-state index contributed by atoms with van der Waals surface area (Å²) in [6.07, 6.45) is 2.37. The SMILES string of the molecule is CCCCC(=O)N(C)C(C)C(=O)c1ccc(C)c(C)c1. The fourth-order valence-electron chi connectivity index (χ4n) is 2.03. The van der Waals surface area contributed by atoms with Crippen molar-refractivity contribution in [3.8, 4) is 0 Å². The van der Waals surface area contributed by atoms with Gasteiger partial charge in [-0.1, -0.05) is 25.5 Å². The summed E-state index contributed by atoms with van der Waals surface area (Å²) < 4.78 is 0. The molecule has 110 valence electrons. The summed E-state index contributed by atoms with van der Waals surface area (Å²) in [7, 11) is 1.71. The standard InChI is InChI=1S/C17H25NO2/c1-6-7-8-16(19)18(5)14(4)17(20)15-10-9-12(2)13(3)11-15/h9-11,14H,6-8H2,1-5H3. The number of rotatable bonds is 6. The van der Waals surface area contributed by atoms with Crippen molar-refractivity contribution in [3.05, 3.63) is 34.9 Å². The first-order chi connectivity index (χ1) is 9.38. The first-order valence-corrected chi connectivity index (χ1v) is 7.25. The molecule has 0 saturated heterocycles. The van der Waals surface area contributed by atoms with Crippen LogP contribution in [0, 0.1) is 13.8 Å². The molecule has 0 bridgehead atoms. The molecule has 1 aromatic rings. The predicted octanol–water partition coefficient (Wildman–Crippen LogP) is 3.52. The van der Waals surface area contributed by atoms with Crippen molar-refractivity contribution in [1.82, 2.24) is 4.90 Å². The van der Waals surface area contributed by atoms with Crippen molar-refractivity contribution in [3.63, 3.8) is 0 Å². The maximum atomic E-state index is 12.4. The van der Waals surface area contributed by atoms with Crippen molar-refractivity contribution < 1.29 is 9.59 Å². The highest BCUT2D eigenvalue weighted by Crippen LogP contribution is 2.14. The number of amides is 1. The number of hydrogen-bond acceptors (Lipinski definition) is 2. The normalized spacial score (nSPS) is 12.1. The Hall–Kier alpha value is -1.64. The zero-order valence-corrected chi connectivity index (χ0v) is 13.2. The average molecular weight is 275 g/mol. The lowest BCUT2D eigenvalue weighted by molar-refractivity contribution is -0.131. The number of ketones is 1. The Balaban J connectivity index is 2.79. The highest BCUT2D eigenvalue weighted by molar-refractivity contribution is 6.01. The largest absolute Gasteiger partial charge is 0.336 e. The van der Waals surface area contributed by atoms with Crippen molar-refractivity contribution in [2.24, 2.45) is 0 Å². The lowest BCUT2D eigenvalue weighted by Gasteiger charge is -2.24. The fraction of sp³-hybridized carbons (Fsp3) is 0.529. The Morgan fingerprint density at radius 2 is 1.85 bits per heavy atom. The van der Waals surface area contributed by atoms with Gasteiger partial charge in [0.1, 0.15) is 0 Å². The van der Waals surface area contributed by atoms with Gasteiger partial charge in [0.2, 0.25) is 5.91 Å². The number of benzene rings is 1. The Morgan fingerprint density at radius 3 is 2.40 bits per heavy atom. The second-order valence-electron chi connectivity index (χ2n) is 5.45. The van der Waals surface area contributed by atoms with Crippen molar-refractivity contribution in [1.29, 1.82) is 0 Å². The van der Waals surface area contributed by atoms with Crippen LogP contribution < -0.4 is 0 Å². The maximum absolute atomic E-state index is 12.4. The predicted molar refractivity (Wildman–Crippen MR) is 82.0 cm³/mol. The van der Waals surface area contributed by atoms with Gasteiger partial charge in [-0.25, -0.2) is 0 Å². The zero-order chi connectivity index (χ0) is 15.3. The van der Waals surface area contributed by atoms with Gasteiger partial charge in [0.15, 0.2) is 5.78 Å². The summed E-state index contributed by atoms with van der Waals surface area (Å²) in [6, 6.07) is 5.28. The Kier molecular flexibility index (Phi) is 5.93. The van der Waals surface area contributed by atoms with Crippen LogP contribution >= 0.6 is 0 Å². The molecule has 0 N–H and O–H groups in total. The molecule has 1 rings (SSSR count). The highest BCUT2D eigenvalue weighted by Gasteiger charge is 2.23. The molecule has 3 heteroatoms. The lowest BCUT2D eigenvalue weighted by atomic mass is 9.99. The van der Waals surface area contributed by atoms with Crippen LogP contribution in [0.4, 0.5) is 0 Å². The van der Waals surface area contributed by atoms with Gasteiger partial charge in [-0.3, -0.25) is 9.59 Å². The molecule has 1 amide bonds. The lowest BCUT2D eigenvalue weighted by Crippen LogP contribution is -2.40. The van der Waals surface area contributed by atoms with E-state index in [1.165, 1.54) is 5.56 Å². The monoisotopic (exact) mass is 275 g/mol. The van der Waals surface area contributed by atoms with E-state index >= 15 is 0 Å². The molecule has 0 aliphatic heterocycles. The van der Waals surface area contributed by atoms with Gasteiger partial charge in [0.25, 0.3) is 0 Å². The van der Waals surface area contributed by atoms with Crippen LogP contribution in [0.5, 0.6) is 0 Å². The molecular formula is C17H25NO2. The van der Waals surface area contributed by atoms with Gasteiger partial charge in [-0.15, -0.1) is 0 Å².